The van der Waals surface area contributed by atoms with Crippen LogP contribution >= 0.6 is 0 Å². The van der Waals surface area contributed by atoms with Gasteiger partial charge in [0, 0.05) is 6.04 Å². The molecule has 2 N–H and O–H groups in total. The van der Waals surface area contributed by atoms with E-state index in [0.717, 1.165) is 25.7 Å². The third kappa shape index (κ3) is 3.08. The molecule has 5 heteroatoms. The first-order chi connectivity index (χ1) is 9.63. The minimum absolute atomic E-state index is 0.0547. The van der Waals surface area contributed by atoms with Gasteiger partial charge in [-0.1, -0.05) is 25.3 Å². The molecule has 20 heavy (non-hydrogen) atoms. The Kier molecular flexibility index (Phi) is 4.57. The van der Waals surface area contributed by atoms with Crippen LogP contribution in [0.1, 0.15) is 37.7 Å². The number of aliphatic carboxylic acids is 1. The minimum atomic E-state index is -0.834. The maximum absolute atomic E-state index is 13.6. The van der Waals surface area contributed by atoms with Crippen LogP contribution in [0.3, 0.4) is 0 Å². The van der Waals surface area contributed by atoms with Gasteiger partial charge in [-0.3, -0.25) is 4.79 Å². The fourth-order valence-corrected chi connectivity index (χ4v) is 2.73. The summed E-state index contributed by atoms with van der Waals surface area (Å²) in [7, 11) is 0. The van der Waals surface area contributed by atoms with Crippen molar-refractivity contribution in [3.05, 3.63) is 29.6 Å². The van der Waals surface area contributed by atoms with Gasteiger partial charge in [-0.05, 0) is 25.0 Å². The molecule has 106 valence electrons. The van der Waals surface area contributed by atoms with Gasteiger partial charge in [0.05, 0.1) is 11.6 Å². The summed E-state index contributed by atoms with van der Waals surface area (Å²) >= 11 is 0. The molecule has 0 amide bonds. The number of rotatable bonds is 3. The van der Waals surface area contributed by atoms with Gasteiger partial charge in [0.1, 0.15) is 17.4 Å². The first-order valence-electron chi connectivity index (χ1n) is 6.81. The van der Waals surface area contributed by atoms with Gasteiger partial charge in [-0.15, -0.1) is 0 Å². The van der Waals surface area contributed by atoms with Crippen molar-refractivity contribution in [3.63, 3.8) is 0 Å². The summed E-state index contributed by atoms with van der Waals surface area (Å²) in [4.78, 5) is 11.4. The number of benzene rings is 1. The number of nitriles is 1. The number of nitrogens with one attached hydrogen (secondary N) is 1. The van der Waals surface area contributed by atoms with E-state index >= 15 is 0 Å². The lowest BCUT2D eigenvalue weighted by Gasteiger charge is -2.24. The highest BCUT2D eigenvalue weighted by molar-refractivity contribution is 5.72. The molecule has 0 heterocycles. The summed E-state index contributed by atoms with van der Waals surface area (Å²) in [6.45, 7) is 0. The van der Waals surface area contributed by atoms with Crippen LogP contribution in [0.2, 0.25) is 0 Å². The first-order valence-corrected chi connectivity index (χ1v) is 6.81. The number of carbonyl (C=O) groups is 1. The van der Waals surface area contributed by atoms with E-state index in [1.54, 1.807) is 6.07 Å². The molecule has 1 aromatic rings. The lowest BCUT2D eigenvalue weighted by atomic mass is 9.94. The lowest BCUT2D eigenvalue weighted by molar-refractivity contribution is -0.142. The van der Waals surface area contributed by atoms with Crippen molar-refractivity contribution < 1.29 is 14.3 Å². The summed E-state index contributed by atoms with van der Waals surface area (Å²) in [6.07, 6.45) is 4.18. The van der Waals surface area contributed by atoms with E-state index in [4.69, 9.17) is 5.26 Å². The maximum Gasteiger partial charge on any atom is 0.308 e. The Hall–Kier alpha value is -2.09. The largest absolute Gasteiger partial charge is 0.481 e. The highest BCUT2D eigenvalue weighted by Crippen LogP contribution is 2.28. The molecule has 0 bridgehead atoms. The molecule has 2 atom stereocenters. The van der Waals surface area contributed by atoms with Gasteiger partial charge in [0.15, 0.2) is 0 Å². The zero-order chi connectivity index (χ0) is 14.5. The van der Waals surface area contributed by atoms with E-state index < -0.39 is 17.7 Å². The predicted octanol–water partition coefficient (Wildman–Crippen LogP) is 3.14. The van der Waals surface area contributed by atoms with Crippen LogP contribution in [0.15, 0.2) is 18.2 Å². The zero-order valence-corrected chi connectivity index (χ0v) is 11.1. The molecule has 2 unspecified atom stereocenters. The smallest absolute Gasteiger partial charge is 0.308 e. The van der Waals surface area contributed by atoms with Crippen LogP contribution in [0.4, 0.5) is 10.1 Å². The molecule has 2 rings (SSSR count). The van der Waals surface area contributed by atoms with Crippen LogP contribution in [0.25, 0.3) is 0 Å². The summed E-state index contributed by atoms with van der Waals surface area (Å²) in [5.41, 5.74) is 0.325. The third-order valence-corrected chi connectivity index (χ3v) is 3.80. The van der Waals surface area contributed by atoms with Crippen molar-refractivity contribution >= 4 is 11.7 Å². The molecule has 0 saturated heterocycles. The van der Waals surface area contributed by atoms with Crippen molar-refractivity contribution in [2.45, 2.75) is 38.1 Å². The van der Waals surface area contributed by atoms with Crippen molar-refractivity contribution in [1.82, 2.24) is 0 Å². The number of carboxylic acid groups (broad SMARTS) is 1. The molecular weight excluding hydrogens is 259 g/mol. The fourth-order valence-electron chi connectivity index (χ4n) is 2.73. The molecule has 1 aliphatic carbocycles. The topological polar surface area (TPSA) is 73.1 Å². The summed E-state index contributed by atoms with van der Waals surface area (Å²) < 4.78 is 13.6. The standard InChI is InChI=1S/C15H17FN2O2/c16-12-6-4-8-14(11(12)9-17)18-13-7-3-1-2-5-10(13)15(19)20/h4,6,8,10,13,18H,1-3,5,7H2,(H,19,20). The van der Waals surface area contributed by atoms with Crippen molar-refractivity contribution in [3.8, 4) is 6.07 Å². The Morgan fingerprint density at radius 1 is 1.35 bits per heavy atom. The average Bonchev–Trinajstić information content (AvgIpc) is 2.64. The van der Waals surface area contributed by atoms with E-state index in [0.29, 0.717) is 12.1 Å². The molecule has 4 nitrogen and oxygen atoms in total. The molecule has 1 fully saturated rings. The Morgan fingerprint density at radius 3 is 2.80 bits per heavy atom. The van der Waals surface area contributed by atoms with E-state index in [9.17, 15) is 14.3 Å². The maximum atomic E-state index is 13.6. The average molecular weight is 276 g/mol. The van der Waals surface area contributed by atoms with E-state index in [1.807, 2.05) is 6.07 Å². The number of hydrogen-bond donors (Lipinski definition) is 2. The van der Waals surface area contributed by atoms with Crippen LogP contribution in [0, 0.1) is 23.1 Å². The summed E-state index contributed by atoms with van der Waals surface area (Å²) in [5.74, 6) is -1.91. The molecule has 1 aromatic carbocycles. The predicted molar refractivity (Wildman–Crippen MR) is 72.7 cm³/mol. The Balaban J connectivity index is 2.25. The molecule has 1 saturated carbocycles. The van der Waals surface area contributed by atoms with Crippen molar-refractivity contribution in [2.24, 2.45) is 5.92 Å². The quantitative estimate of drug-likeness (QED) is 0.832. The summed E-state index contributed by atoms with van der Waals surface area (Å²) in [6, 6.07) is 5.93. The van der Waals surface area contributed by atoms with E-state index in [-0.39, 0.29) is 11.6 Å². The van der Waals surface area contributed by atoms with Gasteiger partial charge in [0.25, 0.3) is 0 Å². The SMILES string of the molecule is N#Cc1c(F)cccc1NC1CCCCCC1C(=O)O. The van der Waals surface area contributed by atoms with E-state index in [2.05, 4.69) is 5.32 Å². The van der Waals surface area contributed by atoms with E-state index in [1.165, 1.54) is 12.1 Å². The highest BCUT2D eigenvalue weighted by atomic mass is 19.1. The van der Waals surface area contributed by atoms with Gasteiger partial charge >= 0.3 is 5.97 Å². The second-order valence-electron chi connectivity index (χ2n) is 5.11. The second kappa shape index (κ2) is 6.38. The molecular formula is C15H17FN2O2. The molecule has 1 aliphatic rings. The van der Waals surface area contributed by atoms with Crippen molar-refractivity contribution in [1.29, 1.82) is 5.26 Å². The highest BCUT2D eigenvalue weighted by Gasteiger charge is 2.30. The monoisotopic (exact) mass is 276 g/mol. The van der Waals surface area contributed by atoms with Gasteiger partial charge in [0.2, 0.25) is 0 Å². The van der Waals surface area contributed by atoms with Gasteiger partial charge in [-0.2, -0.15) is 5.26 Å². The van der Waals surface area contributed by atoms with Crippen LogP contribution < -0.4 is 5.32 Å². The number of nitrogens with zero attached hydrogens (tertiary/aromatic N) is 1. The number of anilines is 1. The van der Waals surface area contributed by atoms with Crippen molar-refractivity contribution in [2.75, 3.05) is 5.32 Å². The fraction of sp³-hybridized carbons (Fsp3) is 0.467. The molecule has 0 spiro atoms. The second-order valence-corrected chi connectivity index (χ2v) is 5.11. The first kappa shape index (κ1) is 14.3. The number of hydrogen-bond acceptors (Lipinski definition) is 3. The Bertz CT molecular complexity index is 539. The lowest BCUT2D eigenvalue weighted by Crippen LogP contribution is -2.34. The zero-order valence-electron chi connectivity index (χ0n) is 11.1. The normalized spacial score (nSPS) is 22.6. The van der Waals surface area contributed by atoms with Gasteiger partial charge in [-0.25, -0.2) is 4.39 Å². The third-order valence-electron chi connectivity index (χ3n) is 3.80. The number of carboxylic acids is 1. The van der Waals surface area contributed by atoms with Gasteiger partial charge < -0.3 is 10.4 Å². The van der Waals surface area contributed by atoms with Crippen LogP contribution in [-0.4, -0.2) is 17.1 Å². The Morgan fingerprint density at radius 2 is 2.10 bits per heavy atom. The van der Waals surface area contributed by atoms with Crippen LogP contribution in [0.5, 0.6) is 0 Å². The summed E-state index contributed by atoms with van der Waals surface area (Å²) in [5, 5.41) is 21.4. The molecule has 0 aliphatic heterocycles. The molecule has 0 radical (unpaired) electrons. The van der Waals surface area contributed by atoms with Crippen LogP contribution in [-0.2, 0) is 4.79 Å². The minimum Gasteiger partial charge on any atom is -0.481 e. The number of halogens is 1. The molecule has 0 aromatic heterocycles. The Labute approximate surface area is 117 Å².